The zero-order chi connectivity index (χ0) is 19.7. The first kappa shape index (κ1) is 19.3. The number of unbranched alkanes of at least 4 members (excludes halogenated alkanes) is 1. The average molecular weight is 384 g/mol. The summed E-state index contributed by atoms with van der Waals surface area (Å²) in [6, 6.07) is 6.79. The molecule has 2 unspecified atom stereocenters. The summed E-state index contributed by atoms with van der Waals surface area (Å²) in [5, 5.41) is 0. The molecule has 4 rings (SSSR count). The fourth-order valence-electron chi connectivity index (χ4n) is 4.91. The number of benzene rings is 2. The minimum atomic E-state index is -1.38. The van der Waals surface area contributed by atoms with Crippen LogP contribution in [0.1, 0.15) is 66.3 Å². The van der Waals surface area contributed by atoms with Crippen LogP contribution in [0.3, 0.4) is 0 Å². The van der Waals surface area contributed by atoms with Gasteiger partial charge in [-0.25, -0.2) is 13.2 Å². The minimum absolute atomic E-state index is 0.0449. The highest BCUT2D eigenvalue weighted by molar-refractivity contribution is 5.46. The van der Waals surface area contributed by atoms with Crippen molar-refractivity contribution in [1.29, 1.82) is 0 Å². The van der Waals surface area contributed by atoms with Gasteiger partial charge >= 0.3 is 0 Å². The van der Waals surface area contributed by atoms with Crippen molar-refractivity contribution in [2.45, 2.75) is 64.2 Å². The topological polar surface area (TPSA) is 0 Å². The summed E-state index contributed by atoms with van der Waals surface area (Å²) in [6.45, 7) is 2.20. The Kier molecular flexibility index (Phi) is 5.61. The molecule has 0 spiro atoms. The van der Waals surface area contributed by atoms with E-state index in [2.05, 4.69) is 31.2 Å². The predicted octanol–water partition coefficient (Wildman–Crippen LogP) is 6.84. The molecule has 2 aromatic rings. The van der Waals surface area contributed by atoms with Crippen LogP contribution in [0.25, 0.3) is 0 Å². The molecule has 0 nitrogen and oxygen atoms in total. The molecule has 0 aromatic heterocycles. The quantitative estimate of drug-likeness (QED) is 0.400. The van der Waals surface area contributed by atoms with Gasteiger partial charge in [0.15, 0.2) is 17.5 Å². The minimum Gasteiger partial charge on any atom is -0.204 e. The third-order valence-electron chi connectivity index (χ3n) is 6.42. The summed E-state index contributed by atoms with van der Waals surface area (Å²) in [6.07, 6.45) is 13.0. The van der Waals surface area contributed by atoms with E-state index >= 15 is 0 Å². The molecule has 0 radical (unpaired) electrons. The second-order valence-corrected chi connectivity index (χ2v) is 8.30. The van der Waals surface area contributed by atoms with Gasteiger partial charge in [0.05, 0.1) is 0 Å². The van der Waals surface area contributed by atoms with Gasteiger partial charge in [-0.15, -0.1) is 0 Å². The van der Waals surface area contributed by atoms with Gasteiger partial charge in [-0.1, -0.05) is 37.6 Å². The van der Waals surface area contributed by atoms with Crippen LogP contribution in [0.2, 0.25) is 0 Å². The van der Waals surface area contributed by atoms with Gasteiger partial charge in [0, 0.05) is 0 Å². The SMILES string of the molecule is CCC/C=C/C1CCc2c(ccc3c2CCC(c2cc(F)c(F)c(F)c2)C3)C1. The van der Waals surface area contributed by atoms with Crippen molar-refractivity contribution < 1.29 is 13.2 Å². The Hall–Kier alpha value is -2.03. The smallest absolute Gasteiger partial charge is 0.194 e. The first-order valence-electron chi connectivity index (χ1n) is 10.5. The largest absolute Gasteiger partial charge is 0.204 e. The number of hydrogen-bond donors (Lipinski definition) is 0. The number of halogens is 3. The van der Waals surface area contributed by atoms with Crippen LogP contribution in [0.15, 0.2) is 36.4 Å². The highest BCUT2D eigenvalue weighted by Gasteiger charge is 2.27. The van der Waals surface area contributed by atoms with E-state index in [-0.39, 0.29) is 5.92 Å². The van der Waals surface area contributed by atoms with E-state index in [0.29, 0.717) is 11.5 Å². The van der Waals surface area contributed by atoms with Gasteiger partial charge in [0.2, 0.25) is 0 Å². The highest BCUT2D eigenvalue weighted by atomic mass is 19.2. The van der Waals surface area contributed by atoms with Crippen LogP contribution in [-0.4, -0.2) is 0 Å². The molecule has 0 heterocycles. The summed E-state index contributed by atoms with van der Waals surface area (Å²) in [5.41, 5.74) is 6.29. The molecule has 0 N–H and O–H groups in total. The standard InChI is InChI=1S/C25H27F3/c1-2-3-4-5-16-6-10-21-18(12-16)7-8-19-13-17(9-11-22(19)21)20-14-23(26)25(28)24(27)15-20/h4-5,7-8,14-17H,2-3,6,9-13H2,1H3/b5-4+. The maximum Gasteiger partial charge on any atom is 0.194 e. The number of hydrogen-bond acceptors (Lipinski definition) is 0. The Bertz CT molecular complexity index is 874. The summed E-state index contributed by atoms with van der Waals surface area (Å²) < 4.78 is 40.6. The van der Waals surface area contributed by atoms with Gasteiger partial charge in [0.25, 0.3) is 0 Å². The van der Waals surface area contributed by atoms with Gasteiger partial charge < -0.3 is 0 Å². The molecule has 0 aliphatic heterocycles. The van der Waals surface area contributed by atoms with Gasteiger partial charge in [-0.05, 0) is 96.7 Å². The molecule has 148 valence electrons. The fourth-order valence-corrected chi connectivity index (χ4v) is 4.91. The molecule has 3 heteroatoms. The number of allylic oxidation sites excluding steroid dienone is 2. The molecular formula is C25H27F3. The lowest BCUT2D eigenvalue weighted by Gasteiger charge is -2.31. The van der Waals surface area contributed by atoms with Gasteiger partial charge in [-0.2, -0.15) is 0 Å². The van der Waals surface area contributed by atoms with E-state index in [1.54, 1.807) is 0 Å². The van der Waals surface area contributed by atoms with Crippen molar-refractivity contribution in [2.24, 2.45) is 5.92 Å². The number of rotatable bonds is 4. The summed E-state index contributed by atoms with van der Waals surface area (Å²) in [7, 11) is 0. The second-order valence-electron chi connectivity index (χ2n) is 8.30. The molecule has 0 fully saturated rings. The van der Waals surface area contributed by atoms with Crippen LogP contribution in [-0.2, 0) is 25.7 Å². The molecule has 2 aromatic carbocycles. The summed E-state index contributed by atoms with van der Waals surface area (Å²) in [5.74, 6) is -2.87. The van der Waals surface area contributed by atoms with E-state index in [1.165, 1.54) is 47.2 Å². The van der Waals surface area contributed by atoms with Gasteiger partial charge in [0.1, 0.15) is 0 Å². The Morgan fingerprint density at radius 3 is 2.25 bits per heavy atom. The van der Waals surface area contributed by atoms with Crippen molar-refractivity contribution in [3.8, 4) is 0 Å². The molecule has 0 saturated heterocycles. The molecule has 0 saturated carbocycles. The van der Waals surface area contributed by atoms with Crippen LogP contribution in [0.5, 0.6) is 0 Å². The third kappa shape index (κ3) is 3.76. The van der Waals surface area contributed by atoms with Crippen LogP contribution in [0, 0.1) is 23.4 Å². The number of fused-ring (bicyclic) bond motifs is 3. The van der Waals surface area contributed by atoms with Crippen molar-refractivity contribution in [1.82, 2.24) is 0 Å². The van der Waals surface area contributed by atoms with E-state index in [1.807, 2.05) is 0 Å². The van der Waals surface area contributed by atoms with Crippen molar-refractivity contribution in [2.75, 3.05) is 0 Å². The molecule has 0 bridgehead atoms. The second kappa shape index (κ2) is 8.14. The van der Waals surface area contributed by atoms with E-state index in [9.17, 15) is 13.2 Å². The van der Waals surface area contributed by atoms with Crippen LogP contribution < -0.4 is 0 Å². The molecule has 28 heavy (non-hydrogen) atoms. The van der Waals surface area contributed by atoms with Crippen molar-refractivity contribution >= 4 is 0 Å². The van der Waals surface area contributed by atoms with Gasteiger partial charge in [-0.3, -0.25) is 0 Å². The predicted molar refractivity (Wildman–Crippen MR) is 107 cm³/mol. The molecule has 0 amide bonds. The molecular weight excluding hydrogens is 357 g/mol. The van der Waals surface area contributed by atoms with Crippen molar-refractivity contribution in [3.05, 3.63) is 81.7 Å². The van der Waals surface area contributed by atoms with E-state index in [4.69, 9.17) is 0 Å². The average Bonchev–Trinajstić information content (AvgIpc) is 2.71. The lowest BCUT2D eigenvalue weighted by Crippen LogP contribution is -2.20. The van der Waals surface area contributed by atoms with Crippen LogP contribution >= 0.6 is 0 Å². The first-order chi connectivity index (χ1) is 13.6. The summed E-state index contributed by atoms with van der Waals surface area (Å²) >= 11 is 0. The Labute approximate surface area is 165 Å². The Morgan fingerprint density at radius 1 is 0.929 bits per heavy atom. The maximum absolute atomic E-state index is 13.6. The molecule has 2 atom stereocenters. The lowest BCUT2D eigenvalue weighted by atomic mass is 9.74. The third-order valence-corrected chi connectivity index (χ3v) is 6.42. The molecule has 2 aliphatic carbocycles. The fraction of sp³-hybridized carbons (Fsp3) is 0.440. The lowest BCUT2D eigenvalue weighted by molar-refractivity contribution is 0.441. The highest BCUT2D eigenvalue weighted by Crippen LogP contribution is 2.39. The monoisotopic (exact) mass is 384 g/mol. The van der Waals surface area contributed by atoms with Crippen molar-refractivity contribution in [3.63, 3.8) is 0 Å². The summed E-state index contributed by atoms with van der Waals surface area (Å²) in [4.78, 5) is 0. The van der Waals surface area contributed by atoms with E-state index < -0.39 is 17.5 Å². The maximum atomic E-state index is 13.6. The Balaban J connectivity index is 1.54. The zero-order valence-corrected chi connectivity index (χ0v) is 16.4. The zero-order valence-electron chi connectivity index (χ0n) is 16.4. The van der Waals surface area contributed by atoms with Crippen LogP contribution in [0.4, 0.5) is 13.2 Å². The normalized spacial score (nSPS) is 21.6. The first-order valence-corrected chi connectivity index (χ1v) is 10.5. The van der Waals surface area contributed by atoms with E-state index in [0.717, 1.165) is 38.5 Å². The molecule has 2 aliphatic rings. The Morgan fingerprint density at radius 2 is 1.57 bits per heavy atom.